The minimum Gasteiger partial charge on any atom is -0.493 e. The van der Waals surface area contributed by atoms with Crippen molar-refractivity contribution in [3.8, 4) is 5.75 Å². The molecule has 3 heteroatoms. The van der Waals surface area contributed by atoms with E-state index in [9.17, 15) is 0 Å². The number of benzene rings is 2. The van der Waals surface area contributed by atoms with E-state index in [0.717, 1.165) is 24.2 Å². The summed E-state index contributed by atoms with van der Waals surface area (Å²) in [6, 6.07) is 18.7. The Morgan fingerprint density at radius 2 is 1.76 bits per heavy atom. The second-order valence-electron chi connectivity index (χ2n) is 6.97. The second-order valence-corrected chi connectivity index (χ2v) is 7.53. The van der Waals surface area contributed by atoms with Crippen molar-refractivity contribution in [2.75, 3.05) is 13.2 Å². The molecule has 0 aromatic heterocycles. The lowest BCUT2D eigenvalue weighted by atomic mass is 9.90. The zero-order valence-electron chi connectivity index (χ0n) is 14.6. The molecular formula is C22H27ClO2. The minimum atomic E-state index is 0.164. The van der Waals surface area contributed by atoms with Crippen molar-refractivity contribution in [2.24, 2.45) is 11.8 Å². The predicted molar refractivity (Wildman–Crippen MR) is 103 cm³/mol. The molecule has 2 aromatic carbocycles. The number of aliphatic hydroxyl groups is 1. The van der Waals surface area contributed by atoms with E-state index < -0.39 is 0 Å². The normalized spacial score (nSPS) is 22.9. The smallest absolute Gasteiger partial charge is 0.119 e. The summed E-state index contributed by atoms with van der Waals surface area (Å²) in [6.07, 6.45) is 5.22. The highest BCUT2D eigenvalue weighted by Gasteiger charge is 2.35. The fourth-order valence-corrected chi connectivity index (χ4v) is 4.21. The molecule has 0 saturated heterocycles. The molecule has 2 aromatic rings. The van der Waals surface area contributed by atoms with E-state index in [1.165, 1.54) is 18.4 Å². The third kappa shape index (κ3) is 5.23. The lowest BCUT2D eigenvalue weighted by molar-refractivity contribution is 0.210. The van der Waals surface area contributed by atoms with Gasteiger partial charge in [-0.05, 0) is 61.3 Å². The number of rotatable bonds is 8. The average molecular weight is 359 g/mol. The standard InChI is InChI=1S/C22H27ClO2/c23-22-12-11-19(10-9-17-5-2-1-3-6-17)21(22)16-25-20-8-4-7-18(15-20)13-14-24/h1-8,15,19,21-22,24H,9-14,16H2/t19-,21+,22?/m0/s1. The van der Waals surface area contributed by atoms with Gasteiger partial charge in [-0.2, -0.15) is 0 Å². The van der Waals surface area contributed by atoms with E-state index >= 15 is 0 Å². The van der Waals surface area contributed by atoms with Crippen LogP contribution in [0.25, 0.3) is 0 Å². The lowest BCUT2D eigenvalue weighted by Gasteiger charge is -2.22. The van der Waals surface area contributed by atoms with Gasteiger partial charge in [-0.15, -0.1) is 11.6 Å². The molecule has 1 aliphatic carbocycles. The van der Waals surface area contributed by atoms with Crippen LogP contribution in [0.2, 0.25) is 0 Å². The van der Waals surface area contributed by atoms with E-state index in [4.69, 9.17) is 21.4 Å². The first-order chi connectivity index (χ1) is 12.3. The molecule has 0 aliphatic heterocycles. The molecular weight excluding hydrogens is 332 g/mol. The molecule has 0 radical (unpaired) electrons. The summed E-state index contributed by atoms with van der Waals surface area (Å²) in [5.41, 5.74) is 2.51. The van der Waals surface area contributed by atoms with Gasteiger partial charge in [-0.25, -0.2) is 0 Å². The van der Waals surface area contributed by atoms with Crippen molar-refractivity contribution >= 4 is 11.6 Å². The third-order valence-corrected chi connectivity index (χ3v) is 5.81. The molecule has 1 aliphatic rings. The van der Waals surface area contributed by atoms with Crippen LogP contribution in [-0.4, -0.2) is 23.7 Å². The Bertz CT molecular complexity index is 643. The summed E-state index contributed by atoms with van der Waals surface area (Å²) in [7, 11) is 0. The fourth-order valence-electron chi connectivity index (χ4n) is 3.80. The third-order valence-electron chi connectivity index (χ3n) is 5.27. The molecule has 25 heavy (non-hydrogen) atoms. The Balaban J connectivity index is 1.55. The molecule has 3 rings (SSSR count). The molecule has 1 unspecified atom stereocenters. The van der Waals surface area contributed by atoms with E-state index in [-0.39, 0.29) is 12.0 Å². The van der Waals surface area contributed by atoms with Gasteiger partial charge in [0.1, 0.15) is 5.75 Å². The van der Waals surface area contributed by atoms with Crippen molar-refractivity contribution in [2.45, 2.75) is 37.5 Å². The van der Waals surface area contributed by atoms with Crippen LogP contribution in [0.15, 0.2) is 54.6 Å². The van der Waals surface area contributed by atoms with Gasteiger partial charge in [-0.1, -0.05) is 42.5 Å². The first kappa shape index (κ1) is 18.3. The van der Waals surface area contributed by atoms with Crippen LogP contribution in [0.4, 0.5) is 0 Å². The van der Waals surface area contributed by atoms with E-state index in [2.05, 4.69) is 30.3 Å². The van der Waals surface area contributed by atoms with Crippen LogP contribution in [0.3, 0.4) is 0 Å². The molecule has 0 spiro atoms. The molecule has 1 fully saturated rings. The molecule has 134 valence electrons. The second kappa shape index (κ2) is 9.26. The Labute approximate surface area is 155 Å². The Hall–Kier alpha value is -1.51. The topological polar surface area (TPSA) is 29.5 Å². The molecule has 1 saturated carbocycles. The number of aryl methyl sites for hydroxylation is 1. The first-order valence-corrected chi connectivity index (χ1v) is 9.70. The number of hydrogen-bond donors (Lipinski definition) is 1. The van der Waals surface area contributed by atoms with Gasteiger partial charge in [0.2, 0.25) is 0 Å². The van der Waals surface area contributed by atoms with Gasteiger partial charge in [0.05, 0.1) is 6.61 Å². The molecule has 0 heterocycles. The van der Waals surface area contributed by atoms with Crippen molar-refractivity contribution in [1.82, 2.24) is 0 Å². The minimum absolute atomic E-state index is 0.164. The zero-order valence-corrected chi connectivity index (χ0v) is 15.4. The fraction of sp³-hybridized carbons (Fsp3) is 0.455. The average Bonchev–Trinajstić information content (AvgIpc) is 2.99. The van der Waals surface area contributed by atoms with Gasteiger partial charge in [0.15, 0.2) is 0 Å². The van der Waals surface area contributed by atoms with E-state index in [1.807, 2.05) is 24.3 Å². The summed E-state index contributed by atoms with van der Waals surface area (Å²) < 4.78 is 6.06. The molecule has 1 N–H and O–H groups in total. The highest BCUT2D eigenvalue weighted by atomic mass is 35.5. The largest absolute Gasteiger partial charge is 0.493 e. The van der Waals surface area contributed by atoms with Gasteiger partial charge >= 0.3 is 0 Å². The SMILES string of the molecule is OCCc1cccc(OC[C@H]2C(Cl)CC[C@@H]2CCc2ccccc2)c1. The lowest BCUT2D eigenvalue weighted by Crippen LogP contribution is -2.23. The van der Waals surface area contributed by atoms with Crippen LogP contribution in [-0.2, 0) is 12.8 Å². The summed E-state index contributed by atoms with van der Waals surface area (Å²) in [6.45, 7) is 0.841. The van der Waals surface area contributed by atoms with E-state index in [1.54, 1.807) is 0 Å². The van der Waals surface area contributed by atoms with Gasteiger partial charge in [-0.3, -0.25) is 0 Å². The van der Waals surface area contributed by atoms with E-state index in [0.29, 0.717) is 24.9 Å². The van der Waals surface area contributed by atoms with Crippen LogP contribution in [0, 0.1) is 11.8 Å². The Kier molecular flexibility index (Phi) is 6.77. The Morgan fingerprint density at radius 1 is 0.960 bits per heavy atom. The summed E-state index contributed by atoms with van der Waals surface area (Å²) in [5, 5.41) is 9.29. The first-order valence-electron chi connectivity index (χ1n) is 9.27. The number of halogens is 1. The van der Waals surface area contributed by atoms with Gasteiger partial charge in [0, 0.05) is 17.9 Å². The van der Waals surface area contributed by atoms with Crippen LogP contribution in [0.1, 0.15) is 30.4 Å². The number of alkyl halides is 1. The van der Waals surface area contributed by atoms with Gasteiger partial charge < -0.3 is 9.84 Å². The van der Waals surface area contributed by atoms with Crippen molar-refractivity contribution in [1.29, 1.82) is 0 Å². The van der Waals surface area contributed by atoms with Crippen LogP contribution in [0.5, 0.6) is 5.75 Å². The summed E-state index contributed by atoms with van der Waals surface area (Å²) in [4.78, 5) is 0. The van der Waals surface area contributed by atoms with Crippen molar-refractivity contribution in [3.63, 3.8) is 0 Å². The highest BCUT2D eigenvalue weighted by molar-refractivity contribution is 6.21. The van der Waals surface area contributed by atoms with Crippen LogP contribution < -0.4 is 4.74 Å². The summed E-state index contributed by atoms with van der Waals surface area (Å²) in [5.74, 6) is 1.92. The van der Waals surface area contributed by atoms with Crippen LogP contribution >= 0.6 is 11.6 Å². The van der Waals surface area contributed by atoms with Crippen molar-refractivity contribution < 1.29 is 9.84 Å². The quantitative estimate of drug-likeness (QED) is 0.682. The summed E-state index contributed by atoms with van der Waals surface area (Å²) >= 11 is 6.59. The zero-order chi connectivity index (χ0) is 17.5. The number of ether oxygens (including phenoxy) is 1. The van der Waals surface area contributed by atoms with Crippen molar-refractivity contribution in [3.05, 3.63) is 65.7 Å². The predicted octanol–water partition coefficient (Wildman–Crippen LogP) is 4.87. The number of aliphatic hydroxyl groups excluding tert-OH is 1. The highest BCUT2D eigenvalue weighted by Crippen LogP contribution is 2.38. The maximum absolute atomic E-state index is 9.08. The maximum atomic E-state index is 9.08. The monoisotopic (exact) mass is 358 g/mol. The molecule has 0 amide bonds. The molecule has 0 bridgehead atoms. The number of hydrogen-bond acceptors (Lipinski definition) is 2. The molecule has 3 atom stereocenters. The van der Waals surface area contributed by atoms with Gasteiger partial charge in [0.25, 0.3) is 0 Å². The molecule has 2 nitrogen and oxygen atoms in total. The Morgan fingerprint density at radius 3 is 2.56 bits per heavy atom. The maximum Gasteiger partial charge on any atom is 0.119 e.